The minimum atomic E-state index is -2.67. The van der Waals surface area contributed by atoms with E-state index in [1.165, 1.54) is 38.5 Å². The lowest BCUT2D eigenvalue weighted by atomic mass is 9.86. The summed E-state index contributed by atoms with van der Waals surface area (Å²) in [6.45, 7) is 4.82. The number of unbranched alkanes of at least 4 members (excludes halogenated alkanes) is 4. The zero-order valence-corrected chi connectivity index (χ0v) is 17.9. The number of hydrogen-bond donors (Lipinski definition) is 4. The summed E-state index contributed by atoms with van der Waals surface area (Å²) in [7, 11) is 2.01. The minimum absolute atomic E-state index is 0.337. The topological polar surface area (TPSA) is 89.8 Å². The fraction of sp³-hybridized carbons (Fsp3) is 0.783. The first-order chi connectivity index (χ1) is 13.3. The van der Waals surface area contributed by atoms with E-state index >= 15 is 0 Å². The summed E-state index contributed by atoms with van der Waals surface area (Å²) in [5.41, 5.74) is 0. The molecular formula is C23H41NO4. The van der Waals surface area contributed by atoms with Crippen molar-refractivity contribution in [3.05, 3.63) is 24.3 Å². The fourth-order valence-corrected chi connectivity index (χ4v) is 4.18. The predicted molar refractivity (Wildman–Crippen MR) is 114 cm³/mol. The average molecular weight is 396 g/mol. The number of aliphatic hydroxyl groups is 2. The Hall–Kier alpha value is -1.17. The normalized spacial score (nSPS) is 24.4. The van der Waals surface area contributed by atoms with Gasteiger partial charge in [-0.25, -0.2) is 4.79 Å². The smallest absolute Gasteiger partial charge is 0.364 e. The van der Waals surface area contributed by atoms with Crippen LogP contribution in [0.3, 0.4) is 0 Å². The summed E-state index contributed by atoms with van der Waals surface area (Å²) in [5, 5.41) is 31.4. The van der Waals surface area contributed by atoms with Crippen molar-refractivity contribution in [3.8, 4) is 0 Å². The Kier molecular flexibility index (Phi) is 11.7. The highest BCUT2D eigenvalue weighted by Gasteiger charge is 2.39. The van der Waals surface area contributed by atoms with Crippen LogP contribution in [0.25, 0.3) is 0 Å². The molecule has 28 heavy (non-hydrogen) atoms. The summed E-state index contributed by atoms with van der Waals surface area (Å²) in [6, 6.07) is 0. The second-order valence-electron chi connectivity index (χ2n) is 8.39. The predicted octanol–water partition coefficient (Wildman–Crippen LogP) is 4.11. The van der Waals surface area contributed by atoms with Gasteiger partial charge in [0.15, 0.2) is 0 Å². The van der Waals surface area contributed by atoms with Gasteiger partial charge in [0.2, 0.25) is 0 Å². The molecule has 1 saturated carbocycles. The molecule has 0 spiro atoms. The number of carboxylic acids is 1. The van der Waals surface area contributed by atoms with Crippen molar-refractivity contribution < 1.29 is 20.1 Å². The van der Waals surface area contributed by atoms with Crippen LogP contribution in [0.1, 0.15) is 71.6 Å². The lowest BCUT2D eigenvalue weighted by Crippen LogP contribution is -2.44. The van der Waals surface area contributed by atoms with E-state index in [1.807, 2.05) is 13.1 Å². The van der Waals surface area contributed by atoms with Crippen LogP contribution in [-0.2, 0) is 4.79 Å². The van der Waals surface area contributed by atoms with Gasteiger partial charge in [0.25, 0.3) is 5.79 Å². The van der Waals surface area contributed by atoms with Crippen LogP contribution >= 0.6 is 0 Å². The monoisotopic (exact) mass is 395 g/mol. The third kappa shape index (κ3) is 8.06. The highest BCUT2D eigenvalue weighted by atomic mass is 16.5. The van der Waals surface area contributed by atoms with Crippen LogP contribution in [0, 0.1) is 23.7 Å². The molecule has 1 rings (SSSR count). The van der Waals surface area contributed by atoms with E-state index in [1.54, 1.807) is 6.92 Å². The molecule has 1 aliphatic carbocycles. The second kappa shape index (κ2) is 13.1. The number of aliphatic carboxylic acids is 1. The number of nitrogens with one attached hydrogen (secondary N) is 1. The molecule has 4 N–H and O–H groups in total. The van der Waals surface area contributed by atoms with E-state index in [9.17, 15) is 15.0 Å². The van der Waals surface area contributed by atoms with Gasteiger partial charge in [-0.05, 0) is 69.9 Å². The van der Waals surface area contributed by atoms with E-state index in [2.05, 4.69) is 30.5 Å². The molecule has 0 saturated heterocycles. The van der Waals surface area contributed by atoms with Crippen molar-refractivity contribution in [3.63, 3.8) is 0 Å². The molecule has 5 heteroatoms. The molecular weight excluding hydrogens is 354 g/mol. The molecule has 1 fully saturated rings. The summed E-state index contributed by atoms with van der Waals surface area (Å²) in [5.74, 6) is -3.16. The molecule has 0 bridgehead atoms. The first-order valence-corrected chi connectivity index (χ1v) is 11.0. The number of allylic oxidation sites excluding steroid dienone is 4. The van der Waals surface area contributed by atoms with E-state index in [-0.39, 0.29) is 0 Å². The molecule has 1 aliphatic rings. The lowest BCUT2D eigenvalue weighted by Gasteiger charge is -2.23. The highest BCUT2D eigenvalue weighted by Crippen LogP contribution is 2.40. The molecule has 0 heterocycles. The van der Waals surface area contributed by atoms with Gasteiger partial charge in [0.1, 0.15) is 0 Å². The second-order valence-corrected chi connectivity index (χ2v) is 8.39. The highest BCUT2D eigenvalue weighted by molar-refractivity contribution is 5.75. The largest absolute Gasteiger partial charge is 0.477 e. The Morgan fingerprint density at radius 1 is 1.14 bits per heavy atom. The van der Waals surface area contributed by atoms with Crippen molar-refractivity contribution in [1.29, 1.82) is 0 Å². The van der Waals surface area contributed by atoms with Gasteiger partial charge >= 0.3 is 5.97 Å². The quantitative estimate of drug-likeness (QED) is 0.202. The van der Waals surface area contributed by atoms with Gasteiger partial charge < -0.3 is 20.6 Å². The molecule has 5 nitrogen and oxygen atoms in total. The zero-order chi connectivity index (χ0) is 21.0. The molecule has 162 valence electrons. The number of hydrogen-bond acceptors (Lipinski definition) is 4. The van der Waals surface area contributed by atoms with Crippen LogP contribution in [0.5, 0.6) is 0 Å². The van der Waals surface area contributed by atoms with Crippen molar-refractivity contribution >= 4 is 5.97 Å². The molecule has 0 aromatic rings. The van der Waals surface area contributed by atoms with Gasteiger partial charge in [-0.2, -0.15) is 0 Å². The summed E-state index contributed by atoms with van der Waals surface area (Å²) in [6.07, 6.45) is 18.8. The van der Waals surface area contributed by atoms with Crippen LogP contribution in [0.15, 0.2) is 24.3 Å². The first kappa shape index (κ1) is 24.9. The summed E-state index contributed by atoms with van der Waals surface area (Å²) in [4.78, 5) is 10.9. The van der Waals surface area contributed by atoms with Crippen LogP contribution in [0.4, 0.5) is 0 Å². The third-order valence-electron chi connectivity index (χ3n) is 6.14. The summed E-state index contributed by atoms with van der Waals surface area (Å²) >= 11 is 0. The fourth-order valence-electron chi connectivity index (χ4n) is 4.18. The summed E-state index contributed by atoms with van der Waals surface area (Å²) < 4.78 is 0. The van der Waals surface area contributed by atoms with Crippen molar-refractivity contribution in [1.82, 2.24) is 5.32 Å². The molecule has 0 aromatic heterocycles. The number of rotatable bonds is 14. The Morgan fingerprint density at radius 2 is 1.86 bits per heavy atom. The number of carboxylic acid groups (broad SMARTS) is 1. The van der Waals surface area contributed by atoms with Crippen LogP contribution in [-0.4, -0.2) is 40.7 Å². The Labute approximate surface area is 170 Å². The molecule has 0 aliphatic heterocycles. The standard InChI is InChI=1S/C23H41NO4/c1-4-5-6-7-8-9-14-21-19(15-16-20(21)17-24-3)13-11-10-12-18(2)23(27,28)22(25)26/h9-11,14,18-21,24,27-28H,4-8,12-13,15-17H2,1-3H3,(H,25,26)/b11-10-,14-9+/t18?,19-,20-,21+/m0/s1. The molecule has 0 amide bonds. The van der Waals surface area contributed by atoms with Crippen molar-refractivity contribution in [2.45, 2.75) is 77.4 Å². The molecule has 1 unspecified atom stereocenters. The van der Waals surface area contributed by atoms with E-state index in [0.29, 0.717) is 24.2 Å². The minimum Gasteiger partial charge on any atom is -0.477 e. The van der Waals surface area contributed by atoms with Gasteiger partial charge in [-0.3, -0.25) is 0 Å². The van der Waals surface area contributed by atoms with Crippen molar-refractivity contribution in [2.75, 3.05) is 13.6 Å². The van der Waals surface area contributed by atoms with E-state index < -0.39 is 17.7 Å². The van der Waals surface area contributed by atoms with E-state index in [4.69, 9.17) is 5.11 Å². The van der Waals surface area contributed by atoms with Gasteiger partial charge in [0, 0.05) is 5.92 Å². The SMILES string of the molecule is CCCCCC/C=C/[C@@H]1[C@@H](C/C=C\CC(C)C(O)(O)C(=O)O)CC[C@H]1CNC. The maximum atomic E-state index is 10.9. The average Bonchev–Trinajstić information content (AvgIpc) is 3.03. The van der Waals surface area contributed by atoms with E-state index in [0.717, 1.165) is 19.4 Å². The zero-order valence-electron chi connectivity index (χ0n) is 17.9. The van der Waals surface area contributed by atoms with Crippen molar-refractivity contribution in [2.24, 2.45) is 23.7 Å². The van der Waals surface area contributed by atoms with Crippen LogP contribution in [0.2, 0.25) is 0 Å². The van der Waals surface area contributed by atoms with Gasteiger partial charge in [-0.1, -0.05) is 57.4 Å². The molecule has 0 aromatic carbocycles. The van der Waals surface area contributed by atoms with Gasteiger partial charge in [-0.15, -0.1) is 0 Å². The molecule has 4 atom stereocenters. The Balaban J connectivity index is 2.54. The Morgan fingerprint density at radius 3 is 2.50 bits per heavy atom. The molecule has 0 radical (unpaired) electrons. The number of carbonyl (C=O) groups is 1. The van der Waals surface area contributed by atoms with Crippen LogP contribution < -0.4 is 5.32 Å². The lowest BCUT2D eigenvalue weighted by molar-refractivity contribution is -0.219. The first-order valence-electron chi connectivity index (χ1n) is 11.0. The van der Waals surface area contributed by atoms with Gasteiger partial charge in [0.05, 0.1) is 0 Å². The Bertz CT molecular complexity index is 501. The maximum absolute atomic E-state index is 10.9. The maximum Gasteiger partial charge on any atom is 0.364 e. The third-order valence-corrected chi connectivity index (χ3v) is 6.14.